The van der Waals surface area contributed by atoms with Gasteiger partial charge in [0, 0.05) is 6.54 Å². The number of hydrogen-bond donors (Lipinski definition) is 2. The van der Waals surface area contributed by atoms with E-state index in [1.807, 2.05) is 59.9 Å². The van der Waals surface area contributed by atoms with E-state index in [2.05, 4.69) is 5.32 Å². The summed E-state index contributed by atoms with van der Waals surface area (Å²) < 4.78 is 39.8. The molecule has 0 bridgehead atoms. The summed E-state index contributed by atoms with van der Waals surface area (Å²) in [5, 5.41) is 4.13. The zero-order chi connectivity index (χ0) is 28.6. The smallest absolute Gasteiger partial charge is 0.408 e. The van der Waals surface area contributed by atoms with Crippen molar-refractivity contribution in [3.63, 3.8) is 0 Å². The molecule has 0 aliphatic heterocycles. The van der Waals surface area contributed by atoms with Gasteiger partial charge in [0.1, 0.15) is 18.0 Å². The first-order valence-electron chi connectivity index (χ1n) is 12.4. The van der Waals surface area contributed by atoms with Crippen molar-refractivity contribution < 1.29 is 32.6 Å². The van der Waals surface area contributed by atoms with Crippen molar-refractivity contribution in [2.24, 2.45) is 0 Å². The molecule has 1 atom stereocenters. The summed E-state index contributed by atoms with van der Waals surface area (Å²) in [5.74, 6) is -7.13. The summed E-state index contributed by atoms with van der Waals surface area (Å²) in [6.45, 7) is 6.06. The van der Waals surface area contributed by atoms with Gasteiger partial charge in [0.15, 0.2) is 0 Å². The van der Waals surface area contributed by atoms with Crippen LogP contribution in [-0.4, -0.2) is 35.3 Å². The highest BCUT2D eigenvalue weighted by atomic mass is 19.3. The van der Waals surface area contributed by atoms with Gasteiger partial charge in [-0.25, -0.2) is 4.79 Å². The molecule has 3 rings (SSSR count). The third-order valence-corrected chi connectivity index (χ3v) is 5.54. The molecule has 0 aliphatic rings. The molecule has 2 amide bonds. The second-order valence-corrected chi connectivity index (χ2v) is 9.99. The van der Waals surface area contributed by atoms with E-state index in [1.165, 1.54) is 0 Å². The topological polar surface area (TPSA) is 93.7 Å². The molecule has 3 aromatic carbocycles. The molecule has 3 aromatic rings. The number of alkyl halides is 2. The molecule has 9 heteroatoms. The summed E-state index contributed by atoms with van der Waals surface area (Å²) in [5.41, 5.74) is 2.51. The SMILES string of the molecule is CC(NC(=O)OC(C)(C)C)C(=O)C(F)(F)C(=O)NCc1ccc(-c2cccc(OCc3ccccc3)c2)cc1. The molecule has 206 valence electrons. The fraction of sp³-hybridized carbons (Fsp3) is 0.300. The van der Waals surface area contributed by atoms with Crippen LogP contribution in [0.15, 0.2) is 78.9 Å². The van der Waals surface area contributed by atoms with Crippen LogP contribution in [0.3, 0.4) is 0 Å². The Morgan fingerprint density at radius 2 is 1.51 bits per heavy atom. The van der Waals surface area contributed by atoms with Gasteiger partial charge in [-0.05, 0) is 62.1 Å². The van der Waals surface area contributed by atoms with Crippen LogP contribution in [0.5, 0.6) is 5.75 Å². The van der Waals surface area contributed by atoms with Gasteiger partial charge in [-0.1, -0.05) is 66.7 Å². The predicted octanol–water partition coefficient (Wildman–Crippen LogP) is 5.67. The number of amides is 2. The number of benzene rings is 3. The summed E-state index contributed by atoms with van der Waals surface area (Å²) in [4.78, 5) is 36.1. The van der Waals surface area contributed by atoms with E-state index < -0.39 is 35.3 Å². The number of alkyl carbamates (subject to hydrolysis) is 1. The number of ketones is 1. The van der Waals surface area contributed by atoms with Gasteiger partial charge < -0.3 is 20.1 Å². The first-order valence-corrected chi connectivity index (χ1v) is 12.4. The molecule has 0 saturated carbocycles. The van der Waals surface area contributed by atoms with Gasteiger partial charge in [-0.15, -0.1) is 0 Å². The van der Waals surface area contributed by atoms with E-state index in [0.717, 1.165) is 23.6 Å². The minimum atomic E-state index is -4.34. The molecule has 1 unspecified atom stereocenters. The normalized spacial score (nSPS) is 12.3. The van der Waals surface area contributed by atoms with Crippen molar-refractivity contribution >= 4 is 17.8 Å². The Bertz CT molecular complexity index is 1290. The van der Waals surface area contributed by atoms with Gasteiger partial charge in [-0.3, -0.25) is 9.59 Å². The molecule has 0 spiro atoms. The number of nitrogens with one attached hydrogen (secondary N) is 2. The summed E-state index contributed by atoms with van der Waals surface area (Å²) >= 11 is 0. The molecule has 0 radical (unpaired) electrons. The molecule has 0 saturated heterocycles. The Labute approximate surface area is 226 Å². The average molecular weight is 539 g/mol. The fourth-order valence-electron chi connectivity index (χ4n) is 3.55. The maximum Gasteiger partial charge on any atom is 0.408 e. The molecule has 39 heavy (non-hydrogen) atoms. The lowest BCUT2D eigenvalue weighted by atomic mass is 10.0. The van der Waals surface area contributed by atoms with Crippen molar-refractivity contribution in [1.82, 2.24) is 10.6 Å². The molecular weight excluding hydrogens is 506 g/mol. The maximum atomic E-state index is 14.5. The van der Waals surface area contributed by atoms with Crippen LogP contribution in [-0.2, 0) is 27.5 Å². The highest BCUT2D eigenvalue weighted by Crippen LogP contribution is 2.25. The van der Waals surface area contributed by atoms with Gasteiger partial charge in [0.05, 0.1) is 6.04 Å². The highest BCUT2D eigenvalue weighted by Gasteiger charge is 2.49. The Hall–Kier alpha value is -4.27. The first kappa shape index (κ1) is 29.3. The van der Waals surface area contributed by atoms with Crippen LogP contribution in [0.4, 0.5) is 13.6 Å². The van der Waals surface area contributed by atoms with Crippen molar-refractivity contribution in [2.45, 2.75) is 58.4 Å². The number of Topliss-reactive ketones (excluding diaryl/α,β-unsaturated/α-hetero) is 1. The molecule has 2 N–H and O–H groups in total. The van der Waals surface area contributed by atoms with Crippen LogP contribution < -0.4 is 15.4 Å². The zero-order valence-corrected chi connectivity index (χ0v) is 22.3. The fourth-order valence-corrected chi connectivity index (χ4v) is 3.55. The van der Waals surface area contributed by atoms with Crippen LogP contribution in [0, 0.1) is 0 Å². The van der Waals surface area contributed by atoms with E-state index in [1.54, 1.807) is 45.0 Å². The number of rotatable bonds is 10. The quantitative estimate of drug-likeness (QED) is 0.325. The van der Waals surface area contributed by atoms with E-state index >= 15 is 0 Å². The third kappa shape index (κ3) is 8.63. The largest absolute Gasteiger partial charge is 0.489 e. The summed E-state index contributed by atoms with van der Waals surface area (Å²) in [6, 6.07) is 22.7. The molecule has 0 aromatic heterocycles. The van der Waals surface area contributed by atoms with Crippen LogP contribution in [0.25, 0.3) is 11.1 Å². The molecular formula is C30H32F2N2O5. The van der Waals surface area contributed by atoms with Gasteiger partial charge >= 0.3 is 12.0 Å². The monoisotopic (exact) mass is 538 g/mol. The Morgan fingerprint density at radius 1 is 0.846 bits per heavy atom. The lowest BCUT2D eigenvalue weighted by Crippen LogP contribution is -2.54. The second kappa shape index (κ2) is 12.5. The Balaban J connectivity index is 1.55. The van der Waals surface area contributed by atoms with Gasteiger partial charge in [0.2, 0.25) is 5.78 Å². The molecule has 0 heterocycles. The number of carbonyl (C=O) groups is 3. The molecule has 7 nitrogen and oxygen atoms in total. The van der Waals surface area contributed by atoms with E-state index in [0.29, 0.717) is 17.9 Å². The Morgan fingerprint density at radius 3 is 2.15 bits per heavy atom. The average Bonchev–Trinajstić information content (AvgIpc) is 2.90. The third-order valence-electron chi connectivity index (χ3n) is 5.54. The van der Waals surface area contributed by atoms with Crippen LogP contribution in [0.2, 0.25) is 0 Å². The number of hydrogen-bond acceptors (Lipinski definition) is 5. The van der Waals surface area contributed by atoms with Crippen molar-refractivity contribution in [1.29, 1.82) is 0 Å². The van der Waals surface area contributed by atoms with Gasteiger partial charge in [0.25, 0.3) is 5.91 Å². The van der Waals surface area contributed by atoms with E-state index in [9.17, 15) is 23.2 Å². The predicted molar refractivity (Wildman–Crippen MR) is 143 cm³/mol. The first-order chi connectivity index (χ1) is 18.3. The summed E-state index contributed by atoms with van der Waals surface area (Å²) in [7, 11) is 0. The number of ether oxygens (including phenoxy) is 2. The van der Waals surface area contributed by atoms with Crippen LogP contribution >= 0.6 is 0 Å². The number of halogens is 2. The standard InChI is InChI=1S/C30H32F2N2O5/c1-20(34-28(37)39-29(2,3)4)26(35)30(31,32)27(36)33-18-21-13-15-23(16-14-21)24-11-8-12-25(17-24)38-19-22-9-6-5-7-10-22/h5-17,20H,18-19H2,1-4H3,(H,33,36)(H,34,37). The zero-order valence-electron chi connectivity index (χ0n) is 22.3. The lowest BCUT2D eigenvalue weighted by Gasteiger charge is -2.23. The molecule has 0 aliphatic carbocycles. The van der Waals surface area contributed by atoms with Crippen molar-refractivity contribution in [3.05, 3.63) is 90.0 Å². The minimum absolute atomic E-state index is 0.212. The summed E-state index contributed by atoms with van der Waals surface area (Å²) in [6.07, 6.45) is -1.03. The second-order valence-electron chi connectivity index (χ2n) is 9.99. The van der Waals surface area contributed by atoms with Crippen molar-refractivity contribution in [2.75, 3.05) is 0 Å². The molecule has 0 fully saturated rings. The number of carbonyl (C=O) groups excluding carboxylic acids is 3. The van der Waals surface area contributed by atoms with Crippen LogP contribution in [0.1, 0.15) is 38.8 Å². The van der Waals surface area contributed by atoms with E-state index in [4.69, 9.17) is 9.47 Å². The van der Waals surface area contributed by atoms with E-state index in [-0.39, 0.29) is 6.54 Å². The van der Waals surface area contributed by atoms with Gasteiger partial charge in [-0.2, -0.15) is 8.78 Å². The highest BCUT2D eigenvalue weighted by molar-refractivity contribution is 6.10. The lowest BCUT2D eigenvalue weighted by molar-refractivity contribution is -0.159. The Kier molecular flexibility index (Phi) is 9.40. The van der Waals surface area contributed by atoms with Crippen molar-refractivity contribution in [3.8, 4) is 16.9 Å². The maximum absolute atomic E-state index is 14.5. The minimum Gasteiger partial charge on any atom is -0.489 e.